The van der Waals surface area contributed by atoms with Crippen LogP contribution in [0.3, 0.4) is 0 Å². The summed E-state index contributed by atoms with van der Waals surface area (Å²) in [5.41, 5.74) is 1.84. The van der Waals surface area contributed by atoms with Crippen molar-refractivity contribution in [3.8, 4) is 11.3 Å². The maximum absolute atomic E-state index is 12.8. The highest BCUT2D eigenvalue weighted by Crippen LogP contribution is 2.43. The van der Waals surface area contributed by atoms with E-state index in [1.807, 2.05) is 36.4 Å². The molecular formula is C23H27N3O2. The van der Waals surface area contributed by atoms with Gasteiger partial charge in [-0.15, -0.1) is 0 Å². The molecule has 2 bridgehead atoms. The van der Waals surface area contributed by atoms with Crippen LogP contribution in [0, 0.1) is 17.8 Å². The molecular weight excluding hydrogens is 350 g/mol. The zero-order valence-electron chi connectivity index (χ0n) is 16.2. The van der Waals surface area contributed by atoms with Gasteiger partial charge in [-0.2, -0.15) is 5.10 Å². The van der Waals surface area contributed by atoms with Gasteiger partial charge in [0, 0.05) is 30.6 Å². The molecule has 1 saturated heterocycles. The smallest absolute Gasteiger partial charge is 0.267 e. The molecule has 5 rings (SSSR count). The number of amides is 1. The van der Waals surface area contributed by atoms with Crippen molar-refractivity contribution in [3.05, 3.63) is 52.8 Å². The summed E-state index contributed by atoms with van der Waals surface area (Å²) in [5.74, 6) is 1.25. The molecule has 2 saturated carbocycles. The molecule has 28 heavy (non-hydrogen) atoms. The Labute approximate surface area is 165 Å². The van der Waals surface area contributed by atoms with Crippen LogP contribution in [0.2, 0.25) is 0 Å². The molecule has 1 aliphatic heterocycles. The minimum Gasteiger partial charge on any atom is -0.342 e. The average Bonchev–Trinajstić information content (AvgIpc) is 2.67. The molecule has 0 unspecified atom stereocenters. The molecule has 0 radical (unpaired) electrons. The predicted octanol–water partition coefficient (Wildman–Crippen LogP) is 3.51. The molecule has 1 amide bonds. The zero-order chi connectivity index (χ0) is 19.1. The molecule has 5 heteroatoms. The van der Waals surface area contributed by atoms with Crippen LogP contribution in [0.25, 0.3) is 11.3 Å². The Morgan fingerprint density at radius 2 is 1.57 bits per heavy atom. The average molecular weight is 377 g/mol. The number of hydrogen-bond donors (Lipinski definition) is 0. The lowest BCUT2D eigenvalue weighted by atomic mass is 9.72. The summed E-state index contributed by atoms with van der Waals surface area (Å²) in [5, 5.41) is 4.78. The Balaban J connectivity index is 1.45. The van der Waals surface area contributed by atoms with Crippen molar-refractivity contribution in [1.82, 2.24) is 14.7 Å². The summed E-state index contributed by atoms with van der Waals surface area (Å²) in [4.78, 5) is 27.6. The molecule has 1 aromatic carbocycles. The van der Waals surface area contributed by atoms with Gasteiger partial charge in [0.2, 0.25) is 5.91 Å². The van der Waals surface area contributed by atoms with Gasteiger partial charge in [-0.05, 0) is 43.6 Å². The molecule has 2 atom stereocenters. The van der Waals surface area contributed by atoms with Crippen molar-refractivity contribution in [2.75, 3.05) is 13.1 Å². The number of likely N-dealkylation sites (tertiary alicyclic amines) is 1. The first-order valence-electron chi connectivity index (χ1n) is 10.6. The van der Waals surface area contributed by atoms with Crippen molar-refractivity contribution in [2.24, 2.45) is 17.8 Å². The van der Waals surface area contributed by atoms with Crippen LogP contribution in [0.5, 0.6) is 0 Å². The fourth-order valence-electron chi connectivity index (χ4n) is 5.30. The first kappa shape index (κ1) is 17.7. The molecule has 1 aromatic heterocycles. The van der Waals surface area contributed by atoms with Crippen LogP contribution in [0.1, 0.15) is 44.6 Å². The van der Waals surface area contributed by atoms with Crippen molar-refractivity contribution >= 4 is 5.91 Å². The van der Waals surface area contributed by atoms with Crippen LogP contribution in [0.15, 0.2) is 47.3 Å². The van der Waals surface area contributed by atoms with Crippen molar-refractivity contribution in [1.29, 1.82) is 0 Å². The number of fused-ring (bicyclic) bond motifs is 2. The lowest BCUT2D eigenvalue weighted by Gasteiger charge is -2.48. The highest BCUT2D eigenvalue weighted by atomic mass is 16.2. The van der Waals surface area contributed by atoms with E-state index in [4.69, 9.17) is 5.10 Å². The third-order valence-corrected chi connectivity index (χ3v) is 6.97. The summed E-state index contributed by atoms with van der Waals surface area (Å²) < 4.78 is 1.74. The van der Waals surface area contributed by atoms with Crippen LogP contribution in [-0.2, 0) is 4.79 Å². The fraction of sp³-hybridized carbons (Fsp3) is 0.522. The largest absolute Gasteiger partial charge is 0.342 e. The minimum absolute atomic E-state index is 0.0275. The Bertz CT molecular complexity index is 905. The van der Waals surface area contributed by atoms with Gasteiger partial charge in [-0.3, -0.25) is 9.59 Å². The minimum atomic E-state index is -0.0275. The molecule has 0 spiro atoms. The number of benzene rings is 1. The molecule has 5 nitrogen and oxygen atoms in total. The maximum atomic E-state index is 12.8. The van der Waals surface area contributed by atoms with Crippen molar-refractivity contribution in [3.63, 3.8) is 0 Å². The lowest BCUT2D eigenvalue weighted by molar-refractivity contribution is -0.143. The number of carbonyl (C=O) groups excluding carboxylic acids is 1. The SMILES string of the molecule is O=C(C1CCC1)N1C[C@@H]2CCC[C@@H](C1)C2n1nc(-c2ccccc2)ccc1=O. The van der Waals surface area contributed by atoms with Crippen LogP contribution in [0.4, 0.5) is 0 Å². The van der Waals surface area contributed by atoms with E-state index >= 15 is 0 Å². The molecule has 2 aliphatic carbocycles. The first-order valence-corrected chi connectivity index (χ1v) is 10.6. The van der Waals surface area contributed by atoms with Crippen molar-refractivity contribution < 1.29 is 4.79 Å². The van der Waals surface area contributed by atoms with Crippen LogP contribution < -0.4 is 5.56 Å². The Morgan fingerprint density at radius 1 is 0.893 bits per heavy atom. The fourth-order valence-corrected chi connectivity index (χ4v) is 5.30. The summed E-state index contributed by atoms with van der Waals surface area (Å²) in [6.07, 6.45) is 6.61. The molecule has 2 aromatic rings. The van der Waals surface area contributed by atoms with E-state index in [1.165, 1.54) is 12.8 Å². The molecule has 0 N–H and O–H groups in total. The Kier molecular flexibility index (Phi) is 4.53. The van der Waals surface area contributed by atoms with Gasteiger partial charge in [0.1, 0.15) is 0 Å². The van der Waals surface area contributed by atoms with Gasteiger partial charge < -0.3 is 4.90 Å². The summed E-state index contributed by atoms with van der Waals surface area (Å²) in [6.45, 7) is 1.56. The monoisotopic (exact) mass is 377 g/mol. The van der Waals surface area contributed by atoms with Gasteiger partial charge >= 0.3 is 0 Å². The second-order valence-electron chi connectivity index (χ2n) is 8.68. The van der Waals surface area contributed by atoms with Gasteiger partial charge in [0.25, 0.3) is 5.56 Å². The highest BCUT2D eigenvalue weighted by Gasteiger charge is 2.44. The highest BCUT2D eigenvalue weighted by molar-refractivity contribution is 5.79. The van der Waals surface area contributed by atoms with E-state index in [0.29, 0.717) is 17.7 Å². The number of nitrogens with zero attached hydrogens (tertiary/aromatic N) is 3. The van der Waals surface area contributed by atoms with Gasteiger partial charge in [-0.25, -0.2) is 4.68 Å². The van der Waals surface area contributed by atoms with Gasteiger partial charge in [0.05, 0.1) is 11.7 Å². The third-order valence-electron chi connectivity index (χ3n) is 6.97. The normalized spacial score (nSPS) is 27.3. The standard InChI is InChI=1S/C23H27N3O2/c27-21-13-12-20(16-6-2-1-3-7-16)24-26(21)22-18-10-5-11-19(22)15-25(14-18)23(28)17-8-4-9-17/h1-3,6-7,12-13,17-19,22H,4-5,8-11,14-15H2/t18-,19-/m0/s1. The second kappa shape index (κ2) is 7.19. The number of piperidine rings is 1. The summed E-state index contributed by atoms with van der Waals surface area (Å²) in [7, 11) is 0. The van der Waals surface area contributed by atoms with Gasteiger partial charge in [0.15, 0.2) is 0 Å². The Morgan fingerprint density at radius 3 is 2.21 bits per heavy atom. The van der Waals surface area contributed by atoms with E-state index < -0.39 is 0 Å². The topological polar surface area (TPSA) is 55.2 Å². The molecule has 3 aliphatic rings. The van der Waals surface area contributed by atoms with E-state index in [9.17, 15) is 9.59 Å². The van der Waals surface area contributed by atoms with Crippen LogP contribution >= 0.6 is 0 Å². The maximum Gasteiger partial charge on any atom is 0.267 e. The zero-order valence-corrected chi connectivity index (χ0v) is 16.2. The summed E-state index contributed by atoms with van der Waals surface area (Å²) in [6, 6.07) is 13.6. The molecule has 3 fully saturated rings. The van der Waals surface area contributed by atoms with Crippen molar-refractivity contribution in [2.45, 2.75) is 44.6 Å². The number of hydrogen-bond acceptors (Lipinski definition) is 3. The third kappa shape index (κ3) is 3.07. The summed E-state index contributed by atoms with van der Waals surface area (Å²) >= 11 is 0. The number of carbonyl (C=O) groups is 1. The predicted molar refractivity (Wildman–Crippen MR) is 108 cm³/mol. The Hall–Kier alpha value is -2.43. The number of aromatic nitrogens is 2. The van der Waals surface area contributed by atoms with E-state index in [-0.39, 0.29) is 17.5 Å². The molecule has 2 heterocycles. The first-order chi connectivity index (χ1) is 13.7. The van der Waals surface area contributed by atoms with Crippen LogP contribution in [-0.4, -0.2) is 33.7 Å². The quantitative estimate of drug-likeness (QED) is 0.822. The number of rotatable bonds is 3. The van der Waals surface area contributed by atoms with Gasteiger partial charge in [-0.1, -0.05) is 43.2 Å². The molecule has 146 valence electrons. The van der Waals surface area contributed by atoms with E-state index in [0.717, 1.165) is 50.0 Å². The van der Waals surface area contributed by atoms with E-state index in [2.05, 4.69) is 4.90 Å². The second-order valence-corrected chi connectivity index (χ2v) is 8.68. The van der Waals surface area contributed by atoms with E-state index in [1.54, 1.807) is 10.7 Å². The lowest BCUT2D eigenvalue weighted by Crippen LogP contribution is -2.54.